The van der Waals surface area contributed by atoms with Gasteiger partial charge in [-0.15, -0.1) is 0 Å². The third-order valence-electron chi connectivity index (χ3n) is 2.97. The van der Waals surface area contributed by atoms with Crippen molar-refractivity contribution >= 4 is 17.3 Å². The topological polar surface area (TPSA) is 87.9 Å². The third kappa shape index (κ3) is 2.42. The molecule has 0 atom stereocenters. The molecule has 0 aliphatic rings. The Hall–Kier alpha value is -2.37. The first-order valence-corrected chi connectivity index (χ1v) is 6.04. The average molecular weight is 259 g/mol. The number of rotatable bonds is 3. The smallest absolute Gasteiger partial charge is 0.280 e. The third-order valence-corrected chi connectivity index (χ3v) is 2.97. The summed E-state index contributed by atoms with van der Waals surface area (Å²) >= 11 is 0. The van der Waals surface area contributed by atoms with Crippen molar-refractivity contribution in [3.63, 3.8) is 0 Å². The predicted molar refractivity (Wildman–Crippen MR) is 74.1 cm³/mol. The fraction of sp³-hybridized carbons (Fsp3) is 0.308. The van der Waals surface area contributed by atoms with Gasteiger partial charge in [-0.05, 0) is 18.1 Å². The molecule has 2 rings (SSSR count). The number of nitrogens with zero attached hydrogens (tertiary/aromatic N) is 3. The van der Waals surface area contributed by atoms with Crippen LogP contribution >= 0.6 is 0 Å². The molecule has 3 N–H and O–H groups in total. The minimum absolute atomic E-state index is 0.195. The molecule has 2 aromatic rings. The SMILES string of the molecule is CC(C)c1[nH]nc(C(=O)N(C)c2ccncc2)c1N. The van der Waals surface area contributed by atoms with E-state index in [0.29, 0.717) is 5.69 Å². The Bertz CT molecular complexity index is 576. The van der Waals surface area contributed by atoms with E-state index in [1.54, 1.807) is 31.6 Å². The summed E-state index contributed by atoms with van der Waals surface area (Å²) in [5, 5.41) is 6.85. The van der Waals surface area contributed by atoms with E-state index < -0.39 is 0 Å². The average Bonchev–Trinajstić information content (AvgIpc) is 2.80. The molecule has 0 saturated heterocycles. The van der Waals surface area contributed by atoms with Gasteiger partial charge in [0.05, 0.1) is 11.4 Å². The van der Waals surface area contributed by atoms with Crippen LogP contribution in [-0.2, 0) is 0 Å². The van der Waals surface area contributed by atoms with E-state index >= 15 is 0 Å². The summed E-state index contributed by atoms with van der Waals surface area (Å²) in [4.78, 5) is 17.8. The molecule has 6 nitrogen and oxygen atoms in total. The lowest BCUT2D eigenvalue weighted by Gasteiger charge is -2.16. The number of anilines is 2. The van der Waals surface area contributed by atoms with Gasteiger partial charge in [0, 0.05) is 25.1 Å². The standard InChI is InChI=1S/C13H17N5O/c1-8(2)11-10(14)12(17-16-11)13(19)18(3)9-4-6-15-7-5-9/h4-8H,14H2,1-3H3,(H,16,17). The largest absolute Gasteiger partial charge is 0.395 e. The molecular formula is C13H17N5O. The van der Waals surface area contributed by atoms with Crippen LogP contribution in [0.25, 0.3) is 0 Å². The number of aromatic nitrogens is 3. The van der Waals surface area contributed by atoms with Crippen LogP contribution in [-0.4, -0.2) is 28.1 Å². The summed E-state index contributed by atoms with van der Waals surface area (Å²) in [6.45, 7) is 3.98. The van der Waals surface area contributed by atoms with E-state index in [2.05, 4.69) is 15.2 Å². The summed E-state index contributed by atoms with van der Waals surface area (Å²) in [7, 11) is 1.68. The zero-order valence-electron chi connectivity index (χ0n) is 11.2. The highest BCUT2D eigenvalue weighted by Gasteiger charge is 2.22. The lowest BCUT2D eigenvalue weighted by Crippen LogP contribution is -2.27. The summed E-state index contributed by atoms with van der Waals surface area (Å²) in [5.41, 5.74) is 8.17. The van der Waals surface area contributed by atoms with E-state index in [1.165, 1.54) is 4.90 Å². The van der Waals surface area contributed by atoms with E-state index in [4.69, 9.17) is 5.73 Å². The van der Waals surface area contributed by atoms with Crippen molar-refractivity contribution in [1.82, 2.24) is 15.2 Å². The van der Waals surface area contributed by atoms with E-state index in [9.17, 15) is 4.79 Å². The number of pyridine rings is 1. The zero-order chi connectivity index (χ0) is 14.0. The van der Waals surface area contributed by atoms with Gasteiger partial charge in [0.2, 0.25) is 0 Å². The summed E-state index contributed by atoms with van der Waals surface area (Å²) < 4.78 is 0. The van der Waals surface area contributed by atoms with Crippen LogP contribution in [0, 0.1) is 0 Å². The maximum Gasteiger partial charge on any atom is 0.280 e. The first-order chi connectivity index (χ1) is 9.02. The van der Waals surface area contributed by atoms with Gasteiger partial charge in [-0.1, -0.05) is 13.8 Å². The summed E-state index contributed by atoms with van der Waals surface area (Å²) in [5.74, 6) is -0.0490. The Morgan fingerprint density at radius 1 is 1.37 bits per heavy atom. The highest BCUT2D eigenvalue weighted by Crippen LogP contribution is 2.24. The van der Waals surface area contributed by atoms with Crippen molar-refractivity contribution in [2.45, 2.75) is 19.8 Å². The van der Waals surface area contributed by atoms with Gasteiger partial charge < -0.3 is 10.6 Å². The highest BCUT2D eigenvalue weighted by molar-refractivity contribution is 6.07. The maximum absolute atomic E-state index is 12.3. The van der Waals surface area contributed by atoms with Gasteiger partial charge in [-0.25, -0.2) is 0 Å². The molecule has 19 heavy (non-hydrogen) atoms. The summed E-state index contributed by atoms with van der Waals surface area (Å²) in [6.07, 6.45) is 3.26. The quantitative estimate of drug-likeness (QED) is 0.879. The molecule has 1 amide bonds. The van der Waals surface area contributed by atoms with E-state index in [0.717, 1.165) is 11.4 Å². The van der Waals surface area contributed by atoms with E-state index in [-0.39, 0.29) is 17.5 Å². The van der Waals surface area contributed by atoms with Crippen molar-refractivity contribution in [2.75, 3.05) is 17.7 Å². The molecule has 2 aromatic heterocycles. The monoisotopic (exact) mass is 259 g/mol. The number of amides is 1. The van der Waals surface area contributed by atoms with Crippen LogP contribution in [0.5, 0.6) is 0 Å². The number of hydrogen-bond acceptors (Lipinski definition) is 4. The van der Waals surface area contributed by atoms with Crippen molar-refractivity contribution in [1.29, 1.82) is 0 Å². The number of carbonyl (C=O) groups excluding carboxylic acids is 1. The van der Waals surface area contributed by atoms with Gasteiger partial charge in [0.15, 0.2) is 5.69 Å². The molecule has 0 bridgehead atoms. The molecule has 0 radical (unpaired) electrons. The predicted octanol–water partition coefficient (Wildman–Crippen LogP) is 1.79. The minimum Gasteiger partial charge on any atom is -0.395 e. The Kier molecular flexibility index (Phi) is 3.50. The molecule has 2 heterocycles. The molecule has 0 aliphatic heterocycles. The molecule has 6 heteroatoms. The second-order valence-corrected chi connectivity index (χ2v) is 4.62. The fourth-order valence-corrected chi connectivity index (χ4v) is 1.81. The number of carbonyl (C=O) groups is 1. The Morgan fingerprint density at radius 2 is 2.00 bits per heavy atom. The van der Waals surface area contributed by atoms with Crippen LogP contribution in [0.1, 0.15) is 35.9 Å². The second kappa shape index (κ2) is 5.09. The van der Waals surface area contributed by atoms with Crippen LogP contribution < -0.4 is 10.6 Å². The molecular weight excluding hydrogens is 242 g/mol. The molecule has 0 aromatic carbocycles. The fourth-order valence-electron chi connectivity index (χ4n) is 1.81. The molecule has 0 aliphatic carbocycles. The lowest BCUT2D eigenvalue weighted by atomic mass is 10.1. The Balaban J connectivity index is 2.30. The van der Waals surface area contributed by atoms with Gasteiger partial charge in [0.25, 0.3) is 5.91 Å². The van der Waals surface area contributed by atoms with Crippen LogP contribution in [0.2, 0.25) is 0 Å². The number of nitrogens with two attached hydrogens (primary N) is 1. The number of nitrogen functional groups attached to an aromatic ring is 1. The Morgan fingerprint density at radius 3 is 2.53 bits per heavy atom. The molecule has 100 valence electrons. The Labute approximate surface area is 111 Å². The lowest BCUT2D eigenvalue weighted by molar-refractivity contribution is 0.0989. The van der Waals surface area contributed by atoms with Crippen LogP contribution in [0.4, 0.5) is 11.4 Å². The van der Waals surface area contributed by atoms with Gasteiger partial charge >= 0.3 is 0 Å². The highest BCUT2D eigenvalue weighted by atomic mass is 16.2. The van der Waals surface area contributed by atoms with Crippen molar-refractivity contribution in [2.24, 2.45) is 0 Å². The second-order valence-electron chi connectivity index (χ2n) is 4.62. The number of hydrogen-bond donors (Lipinski definition) is 2. The normalized spacial score (nSPS) is 10.7. The van der Waals surface area contributed by atoms with Crippen molar-refractivity contribution < 1.29 is 4.79 Å². The first-order valence-electron chi connectivity index (χ1n) is 6.04. The molecule has 0 spiro atoms. The maximum atomic E-state index is 12.3. The molecule has 0 saturated carbocycles. The minimum atomic E-state index is -0.244. The van der Waals surface area contributed by atoms with Crippen LogP contribution in [0.15, 0.2) is 24.5 Å². The van der Waals surface area contributed by atoms with E-state index in [1.807, 2.05) is 13.8 Å². The number of aromatic amines is 1. The number of nitrogens with one attached hydrogen (secondary N) is 1. The molecule has 0 fully saturated rings. The van der Waals surface area contributed by atoms with Gasteiger partial charge in [0.1, 0.15) is 0 Å². The van der Waals surface area contributed by atoms with Gasteiger partial charge in [-0.3, -0.25) is 14.9 Å². The zero-order valence-corrected chi connectivity index (χ0v) is 11.2. The van der Waals surface area contributed by atoms with Crippen LogP contribution in [0.3, 0.4) is 0 Å². The molecule has 0 unspecified atom stereocenters. The van der Waals surface area contributed by atoms with Gasteiger partial charge in [-0.2, -0.15) is 5.10 Å². The summed E-state index contributed by atoms with van der Waals surface area (Å²) in [6, 6.07) is 3.51. The first kappa shape index (κ1) is 13.1. The van der Waals surface area contributed by atoms with Crippen molar-refractivity contribution in [3.05, 3.63) is 35.9 Å². The number of H-pyrrole nitrogens is 1. The van der Waals surface area contributed by atoms with Crippen molar-refractivity contribution in [3.8, 4) is 0 Å².